The number of hydrogen-bond acceptors (Lipinski definition) is 8. The van der Waals surface area contributed by atoms with Crippen molar-refractivity contribution in [3.63, 3.8) is 0 Å². The lowest BCUT2D eigenvalue weighted by Crippen LogP contribution is -2.60. The van der Waals surface area contributed by atoms with Crippen molar-refractivity contribution in [1.29, 1.82) is 0 Å². The predicted molar refractivity (Wildman–Crippen MR) is 149 cm³/mol. The van der Waals surface area contributed by atoms with E-state index in [1.165, 1.54) is 6.08 Å². The Bertz CT molecular complexity index is 1190. The fraction of sp³-hybridized carbons (Fsp3) is 0.704. The van der Waals surface area contributed by atoms with Gasteiger partial charge in [-0.1, -0.05) is 19.1 Å². The fourth-order valence-corrected chi connectivity index (χ4v) is 6.76. The van der Waals surface area contributed by atoms with Gasteiger partial charge in [-0.05, 0) is 45.4 Å². The Morgan fingerprint density at radius 1 is 1.24 bits per heavy atom. The summed E-state index contributed by atoms with van der Waals surface area (Å²) in [5, 5.41) is 24.6. The lowest BCUT2D eigenvalue weighted by atomic mass is 10.0. The summed E-state index contributed by atoms with van der Waals surface area (Å²) in [5.41, 5.74) is -1.70. The van der Waals surface area contributed by atoms with E-state index in [1.54, 1.807) is 19.9 Å². The van der Waals surface area contributed by atoms with E-state index in [2.05, 4.69) is 23.8 Å². The number of amides is 4. The van der Waals surface area contributed by atoms with Gasteiger partial charge >= 0.3 is 6.09 Å². The number of sulfonamides is 1. The van der Waals surface area contributed by atoms with Crippen LogP contribution in [0.15, 0.2) is 25.3 Å². The highest BCUT2D eigenvalue weighted by molar-refractivity contribution is 7.91. The Labute approximate surface area is 245 Å². The molecule has 0 aromatic rings. The molecule has 1 heterocycles. The van der Waals surface area contributed by atoms with Crippen LogP contribution in [0.4, 0.5) is 9.18 Å². The van der Waals surface area contributed by atoms with Crippen LogP contribution in [0.5, 0.6) is 0 Å². The molecule has 7 atom stereocenters. The molecule has 0 spiro atoms. The van der Waals surface area contributed by atoms with Gasteiger partial charge in [-0.15, -0.1) is 13.2 Å². The smallest absolute Gasteiger partial charge is 0.405 e. The maximum Gasteiger partial charge on any atom is 0.405 e. The molecule has 13 nitrogen and oxygen atoms in total. The number of likely N-dealkylation sites (tertiary alicyclic amines) is 1. The number of alkyl halides is 1. The Balaban J connectivity index is 1.80. The van der Waals surface area contributed by atoms with Crippen LogP contribution in [0.2, 0.25) is 0 Å². The molecule has 15 heteroatoms. The number of aliphatic hydroxyl groups excluding tert-OH is 1. The SMILES string of the molecule is C=CCC[C@@H](C)O[C@@H](CC)[C@H](NC(=O)O)C(=O)N1C[C@H](O)C[C@H]1C(=O)N[C@]1(C(=O)NS(=O)(=O)C2(CF)CC2)C[C@H]1C=C. The molecule has 2 aliphatic carbocycles. The molecular weight excluding hydrogens is 575 g/mol. The van der Waals surface area contributed by atoms with Crippen molar-refractivity contribution in [2.75, 3.05) is 13.2 Å². The van der Waals surface area contributed by atoms with Gasteiger partial charge < -0.3 is 30.5 Å². The standard InChI is InChI=1S/C27H41FN4O9S/c1-5-8-9-16(4)41-20(7-3)21(29-25(37)38)23(35)32-14-18(33)12-19(32)22(34)30-27(13-17(27)6-2)24(36)31-42(39,40)26(15-28)10-11-26/h5-6,16-21,29,33H,1-2,7-15H2,3-4H3,(H,30,34)(H,31,36)(H,37,38)/t16-,17-,18-,19+,20+,21+,27-/m1/s1. The molecule has 0 bridgehead atoms. The van der Waals surface area contributed by atoms with Crippen LogP contribution in [-0.4, -0.2) is 101 Å². The van der Waals surface area contributed by atoms with Crippen molar-refractivity contribution in [1.82, 2.24) is 20.3 Å². The molecule has 3 fully saturated rings. The molecule has 42 heavy (non-hydrogen) atoms. The number of carbonyl (C=O) groups excluding carboxylic acids is 3. The highest BCUT2D eigenvalue weighted by Gasteiger charge is 2.63. The van der Waals surface area contributed by atoms with Gasteiger partial charge in [0.25, 0.3) is 5.91 Å². The van der Waals surface area contributed by atoms with Gasteiger partial charge in [-0.25, -0.2) is 17.6 Å². The van der Waals surface area contributed by atoms with E-state index in [1.807, 2.05) is 4.72 Å². The van der Waals surface area contributed by atoms with Crippen LogP contribution in [0.3, 0.4) is 0 Å². The van der Waals surface area contributed by atoms with Crippen LogP contribution >= 0.6 is 0 Å². The summed E-state index contributed by atoms with van der Waals surface area (Å²) in [6, 6.07) is -2.70. The molecule has 4 amide bonds. The van der Waals surface area contributed by atoms with Gasteiger partial charge in [0.15, 0.2) is 0 Å². The van der Waals surface area contributed by atoms with Crippen LogP contribution in [0.25, 0.3) is 0 Å². The number of aliphatic hydroxyl groups is 1. The lowest BCUT2D eigenvalue weighted by molar-refractivity contribution is -0.145. The zero-order valence-corrected chi connectivity index (χ0v) is 24.7. The Morgan fingerprint density at radius 3 is 2.40 bits per heavy atom. The summed E-state index contributed by atoms with van der Waals surface area (Å²) >= 11 is 0. The minimum atomic E-state index is -4.36. The number of ether oxygens (including phenoxy) is 1. The zero-order valence-electron chi connectivity index (χ0n) is 23.9. The van der Waals surface area contributed by atoms with Crippen LogP contribution < -0.4 is 15.4 Å². The quantitative estimate of drug-likeness (QED) is 0.156. The topological polar surface area (TPSA) is 191 Å². The second kappa shape index (κ2) is 13.1. The number of halogens is 1. The first kappa shape index (κ1) is 33.5. The van der Waals surface area contributed by atoms with Crippen molar-refractivity contribution in [3.8, 4) is 0 Å². The average molecular weight is 617 g/mol. The maximum absolute atomic E-state index is 13.7. The van der Waals surface area contributed by atoms with Crippen LogP contribution in [0, 0.1) is 5.92 Å². The van der Waals surface area contributed by atoms with E-state index in [-0.39, 0.29) is 44.8 Å². The second-order valence-electron chi connectivity index (χ2n) is 11.3. The summed E-state index contributed by atoms with van der Waals surface area (Å²) in [7, 11) is -4.36. The van der Waals surface area contributed by atoms with Gasteiger partial charge in [0.1, 0.15) is 29.0 Å². The molecule has 236 valence electrons. The number of carboxylic acid groups (broad SMARTS) is 1. The predicted octanol–water partition coefficient (Wildman–Crippen LogP) is 0.743. The summed E-state index contributed by atoms with van der Waals surface area (Å²) < 4.78 is 45.0. The molecule has 3 aliphatic rings. The summed E-state index contributed by atoms with van der Waals surface area (Å²) in [4.78, 5) is 53.1. The minimum absolute atomic E-state index is 0.0208. The molecule has 1 aliphatic heterocycles. The summed E-state index contributed by atoms with van der Waals surface area (Å²) in [6.45, 7) is 9.34. The van der Waals surface area contributed by atoms with Gasteiger partial charge in [-0.2, -0.15) is 0 Å². The zero-order chi connectivity index (χ0) is 31.5. The number of hydrogen-bond donors (Lipinski definition) is 5. The lowest BCUT2D eigenvalue weighted by Gasteiger charge is -2.33. The van der Waals surface area contributed by atoms with Crippen LogP contribution in [0.1, 0.15) is 58.8 Å². The van der Waals surface area contributed by atoms with Crippen molar-refractivity contribution in [3.05, 3.63) is 25.3 Å². The van der Waals surface area contributed by atoms with Crippen molar-refractivity contribution >= 4 is 33.8 Å². The van der Waals surface area contributed by atoms with E-state index in [0.29, 0.717) is 12.8 Å². The first-order chi connectivity index (χ1) is 19.7. The van der Waals surface area contributed by atoms with Crippen LogP contribution in [-0.2, 0) is 29.1 Å². The molecule has 0 aromatic heterocycles. The highest BCUT2D eigenvalue weighted by atomic mass is 32.2. The molecule has 1 saturated heterocycles. The molecule has 0 radical (unpaired) electrons. The Hall–Kier alpha value is -3.04. The number of rotatable bonds is 16. The number of allylic oxidation sites excluding steroid dienone is 1. The number of carbonyl (C=O) groups is 4. The third kappa shape index (κ3) is 6.94. The average Bonchev–Trinajstić information content (AvgIpc) is 3.84. The molecular formula is C27H41FN4O9S. The molecule has 5 N–H and O–H groups in total. The molecule has 0 aromatic carbocycles. The van der Waals surface area contributed by atoms with Crippen molar-refractivity contribution in [2.24, 2.45) is 5.92 Å². The third-order valence-corrected chi connectivity index (χ3v) is 10.4. The Morgan fingerprint density at radius 2 is 1.90 bits per heavy atom. The first-order valence-electron chi connectivity index (χ1n) is 14.0. The van der Waals surface area contributed by atoms with E-state index in [0.717, 1.165) is 4.90 Å². The third-order valence-electron chi connectivity index (χ3n) is 8.27. The van der Waals surface area contributed by atoms with E-state index < -0.39 is 81.0 Å². The van der Waals surface area contributed by atoms with E-state index in [4.69, 9.17) is 4.74 Å². The molecule has 2 saturated carbocycles. The van der Waals surface area contributed by atoms with Gasteiger partial charge in [0.05, 0.1) is 18.3 Å². The monoisotopic (exact) mass is 616 g/mol. The normalized spacial score (nSPS) is 28.1. The molecule has 0 unspecified atom stereocenters. The molecule has 3 rings (SSSR count). The largest absolute Gasteiger partial charge is 0.465 e. The number of β-amino-alcohol motifs (C(OH)–C–C–N with tert-alkyl or cyclic N) is 1. The van der Waals surface area contributed by atoms with Gasteiger partial charge in [0.2, 0.25) is 21.8 Å². The fourth-order valence-electron chi connectivity index (χ4n) is 5.33. The van der Waals surface area contributed by atoms with E-state index in [9.17, 15) is 42.2 Å². The van der Waals surface area contributed by atoms with Gasteiger partial charge in [-0.3, -0.25) is 19.1 Å². The number of nitrogens with one attached hydrogen (secondary N) is 3. The maximum atomic E-state index is 13.7. The second-order valence-corrected chi connectivity index (χ2v) is 13.4. The Kier molecular flexibility index (Phi) is 10.4. The van der Waals surface area contributed by atoms with Crippen molar-refractivity contribution < 1.29 is 46.9 Å². The van der Waals surface area contributed by atoms with E-state index >= 15 is 0 Å². The van der Waals surface area contributed by atoms with Crippen molar-refractivity contribution in [2.45, 2.75) is 99.5 Å². The summed E-state index contributed by atoms with van der Waals surface area (Å²) in [5.74, 6) is -3.32. The van der Waals surface area contributed by atoms with Gasteiger partial charge in [0, 0.05) is 18.9 Å². The summed E-state index contributed by atoms with van der Waals surface area (Å²) in [6.07, 6.45) is 0.662. The highest BCUT2D eigenvalue weighted by Crippen LogP contribution is 2.47. The first-order valence-corrected chi connectivity index (χ1v) is 15.5. The minimum Gasteiger partial charge on any atom is -0.465 e. The number of nitrogens with zero attached hydrogens (tertiary/aromatic N) is 1.